The number of aromatic nitrogens is 1. The van der Waals surface area contributed by atoms with Crippen molar-refractivity contribution in [3.8, 4) is 0 Å². The van der Waals surface area contributed by atoms with Crippen LogP contribution in [0.3, 0.4) is 0 Å². The molecule has 0 bridgehead atoms. The molecule has 0 aliphatic carbocycles. The molecule has 3 rings (SSSR count). The zero-order valence-electron chi connectivity index (χ0n) is 10.3. The Morgan fingerprint density at radius 3 is 2.94 bits per heavy atom. The summed E-state index contributed by atoms with van der Waals surface area (Å²) in [6.07, 6.45) is 9.32. The number of hydrogen-bond acceptors (Lipinski definition) is 2. The van der Waals surface area contributed by atoms with Crippen LogP contribution in [0.25, 0.3) is 0 Å². The third-order valence-electron chi connectivity index (χ3n) is 3.31. The van der Waals surface area contributed by atoms with Gasteiger partial charge in [0.15, 0.2) is 24.3 Å². The van der Waals surface area contributed by atoms with E-state index in [0.717, 1.165) is 17.9 Å². The fourth-order valence-electron chi connectivity index (χ4n) is 2.23. The second kappa shape index (κ2) is 4.97. The Balaban J connectivity index is 1.67. The standard InChI is InChI=1S/C13H16N2OS2/c1-18-8-5-11(15-12(16)9-13(15)18)10-17-14-6-3-2-4-7-14/h2-7,13H,8-10H2,1H3/q+2/t13-,18?/m1/s1. The molecule has 5 heteroatoms. The zero-order valence-corrected chi connectivity index (χ0v) is 11.9. The van der Waals surface area contributed by atoms with Gasteiger partial charge in [-0.05, 0) is 6.08 Å². The summed E-state index contributed by atoms with van der Waals surface area (Å²) < 4.78 is 2.08. The maximum Gasteiger partial charge on any atom is 0.237 e. The molecule has 18 heavy (non-hydrogen) atoms. The Hall–Kier alpha value is -0.940. The van der Waals surface area contributed by atoms with Crippen molar-refractivity contribution in [3.63, 3.8) is 0 Å². The molecule has 1 saturated heterocycles. The summed E-state index contributed by atoms with van der Waals surface area (Å²) >= 11 is 1.73. The van der Waals surface area contributed by atoms with Gasteiger partial charge in [0.25, 0.3) is 0 Å². The SMILES string of the molecule is C[S+]1CC=C(CS[n+]2ccccc2)N2C(=O)C[C@H]21. The summed E-state index contributed by atoms with van der Waals surface area (Å²) in [4.78, 5) is 13.7. The van der Waals surface area contributed by atoms with Gasteiger partial charge in [0.1, 0.15) is 5.75 Å². The van der Waals surface area contributed by atoms with Gasteiger partial charge in [0, 0.05) is 28.7 Å². The van der Waals surface area contributed by atoms with E-state index in [2.05, 4.69) is 16.3 Å². The van der Waals surface area contributed by atoms with Gasteiger partial charge in [-0.2, -0.15) is 0 Å². The average molecular weight is 280 g/mol. The van der Waals surface area contributed by atoms with E-state index in [-0.39, 0.29) is 0 Å². The summed E-state index contributed by atoms with van der Waals surface area (Å²) in [5.74, 6) is 2.29. The highest BCUT2D eigenvalue weighted by Crippen LogP contribution is 2.34. The number of amides is 1. The molecule has 2 atom stereocenters. The molecule has 94 valence electrons. The highest BCUT2D eigenvalue weighted by molar-refractivity contribution is 7.97. The first-order chi connectivity index (χ1) is 8.75. The van der Waals surface area contributed by atoms with E-state index in [1.807, 2.05) is 35.5 Å². The fourth-order valence-corrected chi connectivity index (χ4v) is 4.80. The van der Waals surface area contributed by atoms with Crippen LogP contribution in [0.15, 0.2) is 42.4 Å². The molecule has 1 aromatic rings. The van der Waals surface area contributed by atoms with Crippen molar-refractivity contribution >= 4 is 28.8 Å². The topological polar surface area (TPSA) is 24.2 Å². The Bertz CT molecular complexity index is 489. The number of hydrogen-bond donors (Lipinski definition) is 0. The lowest BCUT2D eigenvalue weighted by atomic mass is 10.1. The van der Waals surface area contributed by atoms with Crippen LogP contribution < -0.4 is 3.97 Å². The van der Waals surface area contributed by atoms with E-state index in [9.17, 15) is 4.79 Å². The van der Waals surface area contributed by atoms with Gasteiger partial charge in [0.05, 0.1) is 18.4 Å². The normalized spacial score (nSPS) is 26.4. The minimum Gasteiger partial charge on any atom is -0.274 e. The van der Waals surface area contributed by atoms with Gasteiger partial charge in [-0.25, -0.2) is 0 Å². The number of pyridine rings is 1. The first-order valence-corrected chi connectivity index (χ1v) is 8.78. The summed E-state index contributed by atoms with van der Waals surface area (Å²) in [6, 6.07) is 6.04. The van der Waals surface area contributed by atoms with Gasteiger partial charge >= 0.3 is 0 Å². The minimum atomic E-state index is 0.295. The molecule has 1 aromatic heterocycles. The van der Waals surface area contributed by atoms with Crippen LogP contribution in [0.4, 0.5) is 0 Å². The Morgan fingerprint density at radius 2 is 2.22 bits per heavy atom. The van der Waals surface area contributed by atoms with Crippen molar-refractivity contribution in [3.05, 3.63) is 42.4 Å². The molecule has 2 aliphatic heterocycles. The second-order valence-corrected chi connectivity index (χ2v) is 7.71. The minimum absolute atomic E-state index is 0.295. The maximum atomic E-state index is 11.7. The molecule has 0 spiro atoms. The molecule has 0 aromatic carbocycles. The first-order valence-electron chi connectivity index (χ1n) is 5.98. The number of β-lactam (4-membered cyclic amide) rings is 1. The summed E-state index contributed by atoms with van der Waals surface area (Å²) in [6.45, 7) is 0. The van der Waals surface area contributed by atoms with Gasteiger partial charge < -0.3 is 0 Å². The smallest absolute Gasteiger partial charge is 0.237 e. The van der Waals surface area contributed by atoms with E-state index >= 15 is 0 Å². The number of fused-ring (bicyclic) bond motifs is 1. The predicted molar refractivity (Wildman–Crippen MR) is 76.0 cm³/mol. The molecule has 2 aliphatic rings. The van der Waals surface area contributed by atoms with E-state index in [1.54, 1.807) is 11.9 Å². The molecular formula is C13H16N2OS2+2. The third kappa shape index (κ3) is 2.17. The lowest BCUT2D eigenvalue weighted by molar-refractivity contribution is -0.494. The molecular weight excluding hydrogens is 264 g/mol. The lowest BCUT2D eigenvalue weighted by Gasteiger charge is -2.41. The Kier molecular flexibility index (Phi) is 3.35. The molecule has 0 saturated carbocycles. The van der Waals surface area contributed by atoms with Crippen LogP contribution in [-0.2, 0) is 15.7 Å². The van der Waals surface area contributed by atoms with Crippen molar-refractivity contribution in [2.24, 2.45) is 0 Å². The van der Waals surface area contributed by atoms with Gasteiger partial charge in [-0.3, -0.25) is 9.69 Å². The Labute approximate surface area is 114 Å². The highest BCUT2D eigenvalue weighted by Gasteiger charge is 2.50. The molecule has 0 N–H and O–H groups in total. The zero-order chi connectivity index (χ0) is 12.5. The van der Waals surface area contributed by atoms with Crippen LogP contribution >= 0.6 is 11.9 Å². The molecule has 1 fully saturated rings. The van der Waals surface area contributed by atoms with Crippen LogP contribution in [0.2, 0.25) is 0 Å². The van der Waals surface area contributed by atoms with Crippen molar-refractivity contribution in [2.75, 3.05) is 17.8 Å². The van der Waals surface area contributed by atoms with E-state index in [0.29, 0.717) is 22.2 Å². The number of carbonyl (C=O) groups excluding carboxylic acids is 1. The molecule has 3 nitrogen and oxygen atoms in total. The van der Waals surface area contributed by atoms with E-state index < -0.39 is 0 Å². The van der Waals surface area contributed by atoms with Gasteiger partial charge in [-0.1, -0.05) is 6.07 Å². The average Bonchev–Trinajstić information content (AvgIpc) is 2.39. The molecule has 1 amide bonds. The largest absolute Gasteiger partial charge is 0.274 e. The Morgan fingerprint density at radius 1 is 1.44 bits per heavy atom. The monoisotopic (exact) mass is 280 g/mol. The van der Waals surface area contributed by atoms with Crippen LogP contribution in [0.1, 0.15) is 6.42 Å². The maximum absolute atomic E-state index is 11.7. The van der Waals surface area contributed by atoms with Gasteiger partial charge in [-0.15, -0.1) is 3.97 Å². The number of rotatable bonds is 3. The molecule has 0 radical (unpaired) electrons. The number of carbonyl (C=O) groups is 1. The van der Waals surface area contributed by atoms with Crippen LogP contribution in [-0.4, -0.2) is 33.9 Å². The third-order valence-corrected chi connectivity index (χ3v) is 6.28. The van der Waals surface area contributed by atoms with Gasteiger partial charge in [0.2, 0.25) is 11.3 Å². The molecule has 3 heterocycles. The highest BCUT2D eigenvalue weighted by atomic mass is 32.2. The second-order valence-electron chi connectivity index (χ2n) is 4.48. The first kappa shape index (κ1) is 12.1. The van der Waals surface area contributed by atoms with Crippen molar-refractivity contribution in [1.29, 1.82) is 0 Å². The predicted octanol–water partition coefficient (Wildman–Crippen LogP) is 1.17. The van der Waals surface area contributed by atoms with Crippen molar-refractivity contribution in [1.82, 2.24) is 4.90 Å². The van der Waals surface area contributed by atoms with Crippen molar-refractivity contribution < 1.29 is 8.77 Å². The van der Waals surface area contributed by atoms with Crippen molar-refractivity contribution in [2.45, 2.75) is 11.8 Å². The summed E-state index contributed by atoms with van der Waals surface area (Å²) in [7, 11) is 0.345. The summed E-state index contributed by atoms with van der Waals surface area (Å²) in [5.41, 5.74) is 1.20. The molecule has 1 unspecified atom stereocenters. The quantitative estimate of drug-likeness (QED) is 0.472. The summed E-state index contributed by atoms with van der Waals surface area (Å²) in [5, 5.41) is 0.485. The number of nitrogens with zero attached hydrogens (tertiary/aromatic N) is 2. The van der Waals surface area contributed by atoms with Crippen LogP contribution in [0, 0.1) is 0 Å². The van der Waals surface area contributed by atoms with Crippen LogP contribution in [0.5, 0.6) is 0 Å². The lowest BCUT2D eigenvalue weighted by Crippen LogP contribution is -2.58. The van der Waals surface area contributed by atoms with E-state index in [4.69, 9.17) is 0 Å². The fraction of sp³-hybridized carbons (Fsp3) is 0.385. The van der Waals surface area contributed by atoms with E-state index in [1.165, 1.54) is 5.70 Å².